The third-order valence-electron chi connectivity index (χ3n) is 4.18. The summed E-state index contributed by atoms with van der Waals surface area (Å²) in [6, 6.07) is 1.85. The van der Waals surface area contributed by atoms with E-state index >= 15 is 0 Å². The number of hydrogen-bond donors (Lipinski definition) is 0. The molecule has 1 aromatic rings. The molecule has 2 fully saturated rings. The average Bonchev–Trinajstić information content (AvgIpc) is 2.88. The highest BCUT2D eigenvalue weighted by atomic mass is 16.5. The monoisotopic (exact) mass is 245 g/mol. The number of fused-ring (bicyclic) bond motifs is 1. The van der Waals surface area contributed by atoms with Gasteiger partial charge in [-0.2, -0.15) is 0 Å². The van der Waals surface area contributed by atoms with Crippen LogP contribution in [0.25, 0.3) is 0 Å². The van der Waals surface area contributed by atoms with E-state index < -0.39 is 0 Å². The highest BCUT2D eigenvalue weighted by Crippen LogP contribution is 2.58. The van der Waals surface area contributed by atoms with Crippen LogP contribution in [0.4, 0.5) is 0 Å². The maximum absolute atomic E-state index is 12.4. The maximum Gasteiger partial charge on any atom is 0.168 e. The maximum atomic E-state index is 12.4. The Morgan fingerprint density at radius 3 is 2.89 bits per heavy atom. The summed E-state index contributed by atoms with van der Waals surface area (Å²) in [4.78, 5) is 16.5. The number of pyridine rings is 1. The van der Waals surface area contributed by atoms with Crippen LogP contribution >= 0.6 is 0 Å². The van der Waals surface area contributed by atoms with E-state index in [4.69, 9.17) is 4.74 Å². The fraction of sp³-hybridized carbons (Fsp3) is 0.600. The molecule has 0 saturated heterocycles. The second kappa shape index (κ2) is 4.71. The van der Waals surface area contributed by atoms with Gasteiger partial charge in [0, 0.05) is 17.7 Å². The molecule has 1 aromatic heterocycles. The lowest BCUT2D eigenvalue weighted by Crippen LogP contribution is -2.07. The molecule has 0 amide bonds. The third kappa shape index (κ3) is 2.02. The number of hydrogen-bond acceptors (Lipinski definition) is 3. The number of ketones is 1. The molecule has 96 valence electrons. The first-order valence-electron chi connectivity index (χ1n) is 6.93. The Hall–Kier alpha value is -1.38. The van der Waals surface area contributed by atoms with E-state index in [2.05, 4.69) is 11.9 Å². The van der Waals surface area contributed by atoms with Crippen molar-refractivity contribution in [2.45, 2.75) is 32.6 Å². The molecule has 0 aromatic carbocycles. The number of ether oxygens (including phenoxy) is 1. The van der Waals surface area contributed by atoms with E-state index in [9.17, 15) is 4.79 Å². The van der Waals surface area contributed by atoms with Crippen LogP contribution in [0.3, 0.4) is 0 Å². The highest BCUT2D eigenvalue weighted by molar-refractivity contribution is 6.00. The Kier molecular flexibility index (Phi) is 3.06. The second-order valence-corrected chi connectivity index (χ2v) is 5.41. The Bertz CT molecular complexity index is 448. The van der Waals surface area contributed by atoms with Gasteiger partial charge in [-0.3, -0.25) is 9.78 Å². The minimum absolute atomic E-state index is 0.277. The summed E-state index contributed by atoms with van der Waals surface area (Å²) in [7, 11) is 0. The van der Waals surface area contributed by atoms with Crippen LogP contribution in [0.2, 0.25) is 0 Å². The molecule has 1 heterocycles. The zero-order valence-electron chi connectivity index (χ0n) is 10.8. The van der Waals surface area contributed by atoms with Crippen LogP contribution in [-0.2, 0) is 0 Å². The molecule has 0 aliphatic heterocycles. The quantitative estimate of drug-likeness (QED) is 0.748. The van der Waals surface area contributed by atoms with Crippen molar-refractivity contribution in [2.75, 3.05) is 6.61 Å². The lowest BCUT2D eigenvalue weighted by atomic mass is 10.0. The average molecular weight is 245 g/mol. The van der Waals surface area contributed by atoms with Gasteiger partial charge in [-0.15, -0.1) is 0 Å². The summed E-state index contributed by atoms with van der Waals surface area (Å²) >= 11 is 0. The first-order chi connectivity index (χ1) is 8.81. The van der Waals surface area contributed by atoms with Crippen LogP contribution < -0.4 is 4.74 Å². The summed E-state index contributed by atoms with van der Waals surface area (Å²) < 4.78 is 5.53. The minimum atomic E-state index is 0.277. The standard InChI is InChI=1S/C15H19NO2/c1-2-6-18-11-7-10(8-16-9-11)15(17)14-12-4-3-5-13(12)14/h7-9,12-14H,2-6H2,1H3. The van der Waals surface area contributed by atoms with Crippen molar-refractivity contribution in [3.8, 4) is 5.75 Å². The Morgan fingerprint density at radius 2 is 2.17 bits per heavy atom. The topological polar surface area (TPSA) is 39.2 Å². The van der Waals surface area contributed by atoms with Gasteiger partial charge in [-0.05, 0) is 37.2 Å². The molecular weight excluding hydrogens is 226 g/mol. The van der Waals surface area contributed by atoms with Crippen molar-refractivity contribution >= 4 is 5.78 Å². The molecule has 3 heteroatoms. The van der Waals surface area contributed by atoms with Gasteiger partial charge in [0.05, 0.1) is 12.8 Å². The van der Waals surface area contributed by atoms with Crippen molar-refractivity contribution in [3.05, 3.63) is 24.0 Å². The predicted molar refractivity (Wildman–Crippen MR) is 68.7 cm³/mol. The van der Waals surface area contributed by atoms with Crippen LogP contribution in [0.15, 0.2) is 18.5 Å². The van der Waals surface area contributed by atoms with E-state index in [-0.39, 0.29) is 11.7 Å². The Balaban J connectivity index is 1.70. The van der Waals surface area contributed by atoms with Gasteiger partial charge >= 0.3 is 0 Å². The van der Waals surface area contributed by atoms with Gasteiger partial charge in [-0.25, -0.2) is 0 Å². The molecule has 0 N–H and O–H groups in total. The summed E-state index contributed by atoms with van der Waals surface area (Å²) in [5, 5.41) is 0. The summed E-state index contributed by atoms with van der Waals surface area (Å²) in [5.74, 6) is 2.60. The van der Waals surface area contributed by atoms with E-state index in [1.807, 2.05) is 6.07 Å². The lowest BCUT2D eigenvalue weighted by Gasteiger charge is -2.06. The molecule has 2 unspecified atom stereocenters. The first kappa shape index (κ1) is 11.7. The molecule has 2 saturated carbocycles. The van der Waals surface area contributed by atoms with Gasteiger partial charge in [0.25, 0.3) is 0 Å². The summed E-state index contributed by atoms with van der Waals surface area (Å²) in [5.41, 5.74) is 0.725. The number of carbonyl (C=O) groups is 1. The van der Waals surface area contributed by atoms with E-state index in [0.717, 1.165) is 12.0 Å². The van der Waals surface area contributed by atoms with E-state index in [0.29, 0.717) is 24.2 Å². The second-order valence-electron chi connectivity index (χ2n) is 5.41. The zero-order valence-corrected chi connectivity index (χ0v) is 10.8. The number of rotatable bonds is 5. The Labute approximate surface area is 108 Å². The van der Waals surface area contributed by atoms with Gasteiger partial charge in [0.15, 0.2) is 5.78 Å². The smallest absolute Gasteiger partial charge is 0.168 e. The van der Waals surface area contributed by atoms with Crippen molar-refractivity contribution in [3.63, 3.8) is 0 Å². The normalized spacial score (nSPS) is 28.8. The zero-order chi connectivity index (χ0) is 12.5. The molecule has 18 heavy (non-hydrogen) atoms. The van der Waals surface area contributed by atoms with E-state index in [1.54, 1.807) is 12.4 Å². The molecular formula is C15H19NO2. The number of aromatic nitrogens is 1. The van der Waals surface area contributed by atoms with Crippen molar-refractivity contribution in [2.24, 2.45) is 17.8 Å². The van der Waals surface area contributed by atoms with Crippen LogP contribution in [-0.4, -0.2) is 17.4 Å². The largest absolute Gasteiger partial charge is 0.492 e. The van der Waals surface area contributed by atoms with Gasteiger partial charge in [0.2, 0.25) is 0 Å². The lowest BCUT2D eigenvalue weighted by molar-refractivity contribution is 0.0950. The fourth-order valence-electron chi connectivity index (χ4n) is 3.26. The SMILES string of the molecule is CCCOc1cncc(C(=O)C2C3CCCC32)c1. The van der Waals surface area contributed by atoms with Crippen molar-refractivity contribution in [1.29, 1.82) is 0 Å². The number of Topliss-reactive ketones (excluding diaryl/α,β-unsaturated/α-hetero) is 1. The highest BCUT2D eigenvalue weighted by Gasteiger charge is 2.56. The van der Waals surface area contributed by atoms with Gasteiger partial charge in [-0.1, -0.05) is 13.3 Å². The molecule has 0 bridgehead atoms. The third-order valence-corrected chi connectivity index (χ3v) is 4.18. The fourth-order valence-corrected chi connectivity index (χ4v) is 3.26. The van der Waals surface area contributed by atoms with Gasteiger partial charge < -0.3 is 4.74 Å². The predicted octanol–water partition coefficient (Wildman–Crippen LogP) is 3.10. The molecule has 0 radical (unpaired) electrons. The van der Waals surface area contributed by atoms with Crippen LogP contribution in [0.5, 0.6) is 5.75 Å². The van der Waals surface area contributed by atoms with Gasteiger partial charge in [0.1, 0.15) is 5.75 Å². The molecule has 2 aliphatic rings. The Morgan fingerprint density at radius 1 is 1.39 bits per heavy atom. The summed E-state index contributed by atoms with van der Waals surface area (Å²) in [6.45, 7) is 2.74. The molecule has 3 nitrogen and oxygen atoms in total. The van der Waals surface area contributed by atoms with Crippen LogP contribution in [0, 0.1) is 17.8 Å². The molecule has 0 spiro atoms. The molecule has 3 rings (SSSR count). The molecule has 2 atom stereocenters. The number of nitrogens with zero attached hydrogens (tertiary/aromatic N) is 1. The first-order valence-corrected chi connectivity index (χ1v) is 6.93. The molecule has 2 aliphatic carbocycles. The van der Waals surface area contributed by atoms with E-state index in [1.165, 1.54) is 19.3 Å². The van der Waals surface area contributed by atoms with Crippen molar-refractivity contribution in [1.82, 2.24) is 4.98 Å². The van der Waals surface area contributed by atoms with Crippen LogP contribution in [0.1, 0.15) is 43.0 Å². The number of carbonyl (C=O) groups excluding carboxylic acids is 1. The summed E-state index contributed by atoms with van der Waals surface area (Å²) in [6.07, 6.45) is 8.10. The minimum Gasteiger partial charge on any atom is -0.492 e. The van der Waals surface area contributed by atoms with Crippen molar-refractivity contribution < 1.29 is 9.53 Å².